The lowest BCUT2D eigenvalue weighted by Crippen LogP contribution is -2.52. The standard InChI is InChI=1S/C16H24N2O3S/c1-13-5-7-14(8-6-13)22(20,21)18-11-9-17(10-12-18)15(19)16(2,3)4/h5-8H,9-12H2,1-4H3. The van der Waals surface area contributed by atoms with Crippen LogP contribution >= 0.6 is 0 Å². The molecule has 2 rings (SSSR count). The van der Waals surface area contributed by atoms with Crippen molar-refractivity contribution in [2.24, 2.45) is 5.41 Å². The molecule has 1 fully saturated rings. The minimum atomic E-state index is -3.47. The summed E-state index contributed by atoms with van der Waals surface area (Å²) in [6.45, 7) is 9.14. The number of rotatable bonds is 2. The largest absolute Gasteiger partial charge is 0.340 e. The maximum atomic E-state index is 12.6. The van der Waals surface area contributed by atoms with Crippen LogP contribution in [0.3, 0.4) is 0 Å². The summed E-state index contributed by atoms with van der Waals surface area (Å²) in [6, 6.07) is 6.87. The van der Waals surface area contributed by atoms with Gasteiger partial charge in [0, 0.05) is 31.6 Å². The number of carbonyl (C=O) groups excluding carboxylic acids is 1. The van der Waals surface area contributed by atoms with Gasteiger partial charge in [0.25, 0.3) is 0 Å². The first kappa shape index (κ1) is 17.0. The van der Waals surface area contributed by atoms with Crippen LogP contribution in [-0.4, -0.2) is 49.7 Å². The molecule has 0 N–H and O–H groups in total. The molecule has 0 aliphatic carbocycles. The third-order valence-electron chi connectivity index (χ3n) is 3.83. The van der Waals surface area contributed by atoms with Crippen molar-refractivity contribution in [3.63, 3.8) is 0 Å². The van der Waals surface area contributed by atoms with Gasteiger partial charge in [0.05, 0.1) is 4.90 Å². The molecule has 0 bridgehead atoms. The van der Waals surface area contributed by atoms with Crippen molar-refractivity contribution in [3.8, 4) is 0 Å². The van der Waals surface area contributed by atoms with Crippen LogP contribution in [0.1, 0.15) is 26.3 Å². The molecule has 122 valence electrons. The maximum Gasteiger partial charge on any atom is 0.243 e. The molecule has 1 aliphatic heterocycles. The van der Waals surface area contributed by atoms with Crippen LogP contribution < -0.4 is 0 Å². The molecule has 0 atom stereocenters. The van der Waals surface area contributed by atoms with Gasteiger partial charge in [-0.3, -0.25) is 4.79 Å². The summed E-state index contributed by atoms with van der Waals surface area (Å²) < 4.78 is 26.7. The molecule has 1 heterocycles. The SMILES string of the molecule is Cc1ccc(S(=O)(=O)N2CCN(C(=O)C(C)(C)C)CC2)cc1. The van der Waals surface area contributed by atoms with E-state index in [1.54, 1.807) is 29.2 Å². The van der Waals surface area contributed by atoms with E-state index in [2.05, 4.69) is 0 Å². The van der Waals surface area contributed by atoms with Gasteiger partial charge in [0.2, 0.25) is 15.9 Å². The minimum Gasteiger partial charge on any atom is -0.340 e. The summed E-state index contributed by atoms with van der Waals surface area (Å²) in [6.07, 6.45) is 0. The third-order valence-corrected chi connectivity index (χ3v) is 5.74. The number of carbonyl (C=O) groups is 1. The minimum absolute atomic E-state index is 0.0693. The van der Waals surface area contributed by atoms with Gasteiger partial charge in [-0.2, -0.15) is 4.31 Å². The normalized spacial score (nSPS) is 17.5. The molecule has 1 saturated heterocycles. The molecule has 0 radical (unpaired) electrons. The van der Waals surface area contributed by atoms with Crippen molar-refractivity contribution in [2.75, 3.05) is 26.2 Å². The van der Waals surface area contributed by atoms with Gasteiger partial charge in [-0.1, -0.05) is 38.5 Å². The molecule has 1 aliphatic rings. The van der Waals surface area contributed by atoms with Gasteiger partial charge >= 0.3 is 0 Å². The quantitative estimate of drug-likeness (QED) is 0.834. The lowest BCUT2D eigenvalue weighted by molar-refractivity contribution is -0.140. The smallest absolute Gasteiger partial charge is 0.243 e. The second-order valence-corrected chi connectivity index (χ2v) is 8.70. The van der Waals surface area contributed by atoms with Crippen LogP contribution in [0.2, 0.25) is 0 Å². The Morgan fingerprint density at radius 2 is 1.50 bits per heavy atom. The van der Waals surface area contributed by atoms with Gasteiger partial charge in [0.1, 0.15) is 0 Å². The van der Waals surface area contributed by atoms with Crippen molar-refractivity contribution < 1.29 is 13.2 Å². The Balaban J connectivity index is 2.08. The van der Waals surface area contributed by atoms with E-state index in [4.69, 9.17) is 0 Å². The highest BCUT2D eigenvalue weighted by Gasteiger charge is 2.33. The molecule has 0 spiro atoms. The highest BCUT2D eigenvalue weighted by Crippen LogP contribution is 2.21. The molecule has 0 aromatic heterocycles. The fraction of sp³-hybridized carbons (Fsp3) is 0.562. The van der Waals surface area contributed by atoms with Gasteiger partial charge in [0.15, 0.2) is 0 Å². The maximum absolute atomic E-state index is 12.6. The molecule has 22 heavy (non-hydrogen) atoms. The Kier molecular flexibility index (Phi) is 4.63. The zero-order valence-corrected chi connectivity index (χ0v) is 14.5. The summed E-state index contributed by atoms with van der Waals surface area (Å²) in [4.78, 5) is 14.3. The lowest BCUT2D eigenvalue weighted by Gasteiger charge is -2.37. The van der Waals surface area contributed by atoms with E-state index in [0.717, 1.165) is 5.56 Å². The Bertz CT molecular complexity index is 637. The van der Waals surface area contributed by atoms with E-state index in [1.165, 1.54) is 4.31 Å². The molecule has 1 aromatic carbocycles. The summed E-state index contributed by atoms with van der Waals surface area (Å²) >= 11 is 0. The average molecular weight is 324 g/mol. The van der Waals surface area contributed by atoms with Crippen molar-refractivity contribution in [3.05, 3.63) is 29.8 Å². The first-order chi connectivity index (χ1) is 10.1. The average Bonchev–Trinajstić information content (AvgIpc) is 2.46. The molecule has 0 unspecified atom stereocenters. The molecular weight excluding hydrogens is 300 g/mol. The highest BCUT2D eigenvalue weighted by molar-refractivity contribution is 7.89. The van der Waals surface area contributed by atoms with E-state index < -0.39 is 15.4 Å². The van der Waals surface area contributed by atoms with Crippen LogP contribution in [-0.2, 0) is 14.8 Å². The van der Waals surface area contributed by atoms with Crippen LogP contribution in [0.5, 0.6) is 0 Å². The third kappa shape index (κ3) is 3.50. The van der Waals surface area contributed by atoms with Crippen molar-refractivity contribution in [1.29, 1.82) is 0 Å². The number of hydrogen-bond acceptors (Lipinski definition) is 3. The predicted octanol–water partition coefficient (Wildman–Crippen LogP) is 1.87. The number of aryl methyl sites for hydroxylation is 1. The topological polar surface area (TPSA) is 57.7 Å². The first-order valence-corrected chi connectivity index (χ1v) is 8.92. The second-order valence-electron chi connectivity index (χ2n) is 6.76. The number of hydrogen-bond donors (Lipinski definition) is 0. The van der Waals surface area contributed by atoms with E-state index in [9.17, 15) is 13.2 Å². The Morgan fingerprint density at radius 1 is 1.00 bits per heavy atom. The summed E-state index contributed by atoms with van der Waals surface area (Å²) in [5.74, 6) is 0.0693. The van der Waals surface area contributed by atoms with Crippen LogP contribution in [0, 0.1) is 12.3 Å². The Labute approximate surface area is 133 Å². The molecule has 5 nitrogen and oxygen atoms in total. The summed E-state index contributed by atoms with van der Waals surface area (Å²) in [5, 5.41) is 0. The number of amides is 1. The molecule has 1 aromatic rings. The Morgan fingerprint density at radius 3 is 1.95 bits per heavy atom. The van der Waals surface area contributed by atoms with Gasteiger partial charge < -0.3 is 4.90 Å². The fourth-order valence-electron chi connectivity index (χ4n) is 2.47. The summed E-state index contributed by atoms with van der Waals surface area (Å²) in [7, 11) is -3.47. The van der Waals surface area contributed by atoms with Gasteiger partial charge in [-0.05, 0) is 19.1 Å². The highest BCUT2D eigenvalue weighted by atomic mass is 32.2. The van der Waals surface area contributed by atoms with Crippen LogP contribution in [0.4, 0.5) is 0 Å². The van der Waals surface area contributed by atoms with E-state index in [1.807, 2.05) is 27.7 Å². The number of benzene rings is 1. The van der Waals surface area contributed by atoms with E-state index >= 15 is 0 Å². The summed E-state index contributed by atoms with van der Waals surface area (Å²) in [5.41, 5.74) is 0.595. The number of nitrogens with zero attached hydrogens (tertiary/aromatic N) is 2. The van der Waals surface area contributed by atoms with Crippen molar-refractivity contribution in [1.82, 2.24) is 9.21 Å². The Hall–Kier alpha value is -1.40. The van der Waals surface area contributed by atoms with Crippen LogP contribution in [0.15, 0.2) is 29.2 Å². The molecular formula is C16H24N2O3S. The number of piperazine rings is 1. The zero-order valence-electron chi connectivity index (χ0n) is 13.7. The monoisotopic (exact) mass is 324 g/mol. The predicted molar refractivity (Wildman–Crippen MR) is 86.0 cm³/mol. The molecule has 0 saturated carbocycles. The molecule has 6 heteroatoms. The number of sulfonamides is 1. The van der Waals surface area contributed by atoms with Crippen LogP contribution in [0.25, 0.3) is 0 Å². The fourth-order valence-corrected chi connectivity index (χ4v) is 3.89. The van der Waals surface area contributed by atoms with Gasteiger partial charge in [-0.25, -0.2) is 8.42 Å². The molecule has 1 amide bonds. The van der Waals surface area contributed by atoms with Gasteiger partial charge in [-0.15, -0.1) is 0 Å². The van der Waals surface area contributed by atoms with Crippen molar-refractivity contribution in [2.45, 2.75) is 32.6 Å². The zero-order chi connectivity index (χ0) is 16.5. The van der Waals surface area contributed by atoms with Crippen molar-refractivity contribution >= 4 is 15.9 Å². The lowest BCUT2D eigenvalue weighted by atomic mass is 9.94. The second kappa shape index (κ2) is 6.01. The van der Waals surface area contributed by atoms with E-state index in [-0.39, 0.29) is 5.91 Å². The van der Waals surface area contributed by atoms with E-state index in [0.29, 0.717) is 31.1 Å². The first-order valence-electron chi connectivity index (χ1n) is 7.48.